The highest BCUT2D eigenvalue weighted by Gasteiger charge is 2.41. The first-order chi connectivity index (χ1) is 14.0. The Balaban J connectivity index is 2.65. The Kier molecular flexibility index (Phi) is 14.0. The summed E-state index contributed by atoms with van der Waals surface area (Å²) in [6.45, 7) is 4.99. The highest BCUT2D eigenvalue weighted by atomic mass is 16.5. The van der Waals surface area contributed by atoms with Crippen LogP contribution >= 0.6 is 0 Å². The third kappa shape index (κ3) is 11.0. The van der Waals surface area contributed by atoms with Gasteiger partial charge >= 0.3 is 5.97 Å². The van der Waals surface area contributed by atoms with Crippen LogP contribution in [-0.4, -0.2) is 46.2 Å². The molecule has 3 N–H and O–H groups in total. The van der Waals surface area contributed by atoms with Gasteiger partial charge in [0, 0.05) is 25.4 Å². The zero-order chi connectivity index (χ0) is 21.5. The van der Waals surface area contributed by atoms with Crippen molar-refractivity contribution < 1.29 is 24.9 Å². The van der Waals surface area contributed by atoms with Crippen molar-refractivity contribution >= 4 is 5.97 Å². The zero-order valence-corrected chi connectivity index (χ0v) is 18.3. The molecular formula is C24H42O5. The molecule has 0 aromatic carbocycles. The summed E-state index contributed by atoms with van der Waals surface area (Å²) in [5.41, 5.74) is 0. The molecule has 0 spiro atoms. The fourth-order valence-electron chi connectivity index (χ4n) is 3.94. The molecule has 0 bridgehead atoms. The van der Waals surface area contributed by atoms with E-state index in [9.17, 15) is 15.0 Å². The first-order valence-corrected chi connectivity index (χ1v) is 11.5. The molecule has 5 nitrogen and oxygen atoms in total. The molecule has 1 aliphatic carbocycles. The number of ether oxygens (including phenoxy) is 1. The lowest BCUT2D eigenvalue weighted by molar-refractivity contribution is -0.137. The normalized spacial score (nSPS) is 25.9. The van der Waals surface area contributed by atoms with Crippen LogP contribution < -0.4 is 0 Å². The molecule has 29 heavy (non-hydrogen) atoms. The van der Waals surface area contributed by atoms with E-state index < -0.39 is 18.2 Å². The topological polar surface area (TPSA) is 87.0 Å². The number of hydrogen-bond acceptors (Lipinski definition) is 4. The molecule has 1 saturated carbocycles. The summed E-state index contributed by atoms with van der Waals surface area (Å²) in [6.07, 6.45) is 16.2. The number of aliphatic hydroxyl groups is 2. The highest BCUT2D eigenvalue weighted by molar-refractivity contribution is 5.66. The second-order valence-electron chi connectivity index (χ2n) is 8.25. The van der Waals surface area contributed by atoms with E-state index in [4.69, 9.17) is 9.84 Å². The van der Waals surface area contributed by atoms with Gasteiger partial charge in [-0.05, 0) is 38.0 Å². The summed E-state index contributed by atoms with van der Waals surface area (Å²) in [5, 5.41) is 29.6. The standard InChI is InChI=1S/C24H42O5/c1-3-5-9-12-19(25)15-16-21-20(13-10-7-8-11-14-24(27)28)22(26)18-23(21)29-17-6-4-2/h7,10,15-16,19-23,25-26H,3-6,8-9,11-14,17-18H2,1-2H3,(H,27,28). The average Bonchev–Trinajstić information content (AvgIpc) is 2.97. The fraction of sp³-hybridized carbons (Fsp3) is 0.792. The summed E-state index contributed by atoms with van der Waals surface area (Å²) in [4.78, 5) is 10.6. The van der Waals surface area contributed by atoms with Crippen LogP contribution in [0.5, 0.6) is 0 Å². The number of hydrogen-bond donors (Lipinski definition) is 3. The molecule has 0 saturated heterocycles. The molecule has 5 unspecified atom stereocenters. The smallest absolute Gasteiger partial charge is 0.303 e. The number of aliphatic hydroxyl groups excluding tert-OH is 2. The Hall–Kier alpha value is -1.17. The van der Waals surface area contributed by atoms with Crippen LogP contribution in [-0.2, 0) is 9.53 Å². The lowest BCUT2D eigenvalue weighted by Crippen LogP contribution is -2.22. The Bertz CT molecular complexity index is 488. The van der Waals surface area contributed by atoms with Crippen LogP contribution in [0.2, 0.25) is 0 Å². The Morgan fingerprint density at radius 3 is 2.59 bits per heavy atom. The maximum atomic E-state index is 10.6. The van der Waals surface area contributed by atoms with Crippen molar-refractivity contribution in [2.75, 3.05) is 6.61 Å². The second-order valence-corrected chi connectivity index (χ2v) is 8.25. The van der Waals surface area contributed by atoms with E-state index in [0.717, 1.165) is 51.4 Å². The Morgan fingerprint density at radius 2 is 1.90 bits per heavy atom. The first-order valence-electron chi connectivity index (χ1n) is 11.5. The molecule has 0 aromatic heterocycles. The van der Waals surface area contributed by atoms with Gasteiger partial charge in [-0.15, -0.1) is 0 Å². The number of aliphatic carboxylic acids is 1. The van der Waals surface area contributed by atoms with Gasteiger partial charge in [-0.2, -0.15) is 0 Å². The minimum Gasteiger partial charge on any atom is -0.481 e. The van der Waals surface area contributed by atoms with Crippen LogP contribution in [0.4, 0.5) is 0 Å². The predicted octanol–water partition coefficient (Wildman–Crippen LogP) is 4.87. The number of rotatable bonds is 16. The molecular weight excluding hydrogens is 368 g/mol. The largest absolute Gasteiger partial charge is 0.481 e. The van der Waals surface area contributed by atoms with Gasteiger partial charge in [-0.1, -0.05) is 63.8 Å². The monoisotopic (exact) mass is 410 g/mol. The quantitative estimate of drug-likeness (QED) is 0.250. The van der Waals surface area contributed by atoms with E-state index >= 15 is 0 Å². The van der Waals surface area contributed by atoms with E-state index in [0.29, 0.717) is 19.4 Å². The van der Waals surface area contributed by atoms with E-state index in [1.807, 2.05) is 12.2 Å². The summed E-state index contributed by atoms with van der Waals surface area (Å²) in [5.74, 6) is -0.609. The van der Waals surface area contributed by atoms with E-state index in [-0.39, 0.29) is 24.4 Å². The number of carboxylic acids is 1. The summed E-state index contributed by atoms with van der Waals surface area (Å²) in [6, 6.07) is 0. The minimum atomic E-state index is -0.764. The van der Waals surface area contributed by atoms with Crippen LogP contribution in [0.15, 0.2) is 24.3 Å². The molecule has 168 valence electrons. The van der Waals surface area contributed by atoms with Gasteiger partial charge < -0.3 is 20.1 Å². The fourth-order valence-corrected chi connectivity index (χ4v) is 3.94. The van der Waals surface area contributed by atoms with Crippen LogP contribution in [0.1, 0.15) is 84.5 Å². The lowest BCUT2D eigenvalue weighted by atomic mass is 9.89. The van der Waals surface area contributed by atoms with Crippen LogP contribution in [0, 0.1) is 11.8 Å². The van der Waals surface area contributed by atoms with Crippen molar-refractivity contribution in [1.82, 2.24) is 0 Å². The number of carbonyl (C=O) groups is 1. The number of unbranched alkanes of at least 4 members (excludes halogenated alkanes) is 4. The molecule has 0 amide bonds. The minimum absolute atomic E-state index is 0.0129. The van der Waals surface area contributed by atoms with Crippen molar-refractivity contribution in [3.8, 4) is 0 Å². The molecule has 1 rings (SSSR count). The third-order valence-corrected chi connectivity index (χ3v) is 5.72. The van der Waals surface area contributed by atoms with Crippen molar-refractivity contribution in [2.45, 2.75) is 103 Å². The average molecular weight is 411 g/mol. The lowest BCUT2D eigenvalue weighted by Gasteiger charge is -2.22. The number of allylic oxidation sites excluding steroid dienone is 2. The predicted molar refractivity (Wildman–Crippen MR) is 117 cm³/mol. The Labute approximate surface area is 176 Å². The molecule has 0 aliphatic heterocycles. The highest BCUT2D eigenvalue weighted by Crippen LogP contribution is 2.38. The number of carboxylic acid groups (broad SMARTS) is 1. The maximum absolute atomic E-state index is 10.6. The summed E-state index contributed by atoms with van der Waals surface area (Å²) in [7, 11) is 0. The van der Waals surface area contributed by atoms with Crippen molar-refractivity contribution in [3.63, 3.8) is 0 Å². The van der Waals surface area contributed by atoms with Gasteiger partial charge in [0.15, 0.2) is 0 Å². The van der Waals surface area contributed by atoms with E-state index in [1.165, 1.54) is 0 Å². The summed E-state index contributed by atoms with van der Waals surface area (Å²) >= 11 is 0. The zero-order valence-electron chi connectivity index (χ0n) is 18.3. The van der Waals surface area contributed by atoms with Gasteiger partial charge in [-0.25, -0.2) is 0 Å². The molecule has 1 fully saturated rings. The van der Waals surface area contributed by atoms with E-state index in [2.05, 4.69) is 26.0 Å². The maximum Gasteiger partial charge on any atom is 0.303 e. The van der Waals surface area contributed by atoms with Crippen LogP contribution in [0.3, 0.4) is 0 Å². The van der Waals surface area contributed by atoms with E-state index in [1.54, 1.807) is 0 Å². The van der Waals surface area contributed by atoms with Crippen LogP contribution in [0.25, 0.3) is 0 Å². The molecule has 5 heteroatoms. The van der Waals surface area contributed by atoms with Crippen molar-refractivity contribution in [1.29, 1.82) is 0 Å². The van der Waals surface area contributed by atoms with Gasteiger partial charge in [-0.3, -0.25) is 4.79 Å². The van der Waals surface area contributed by atoms with Crippen molar-refractivity contribution in [3.05, 3.63) is 24.3 Å². The van der Waals surface area contributed by atoms with Gasteiger partial charge in [0.2, 0.25) is 0 Å². The molecule has 0 aromatic rings. The second kappa shape index (κ2) is 15.6. The van der Waals surface area contributed by atoms with Gasteiger partial charge in [0.05, 0.1) is 18.3 Å². The van der Waals surface area contributed by atoms with Crippen molar-refractivity contribution in [2.24, 2.45) is 11.8 Å². The molecule has 5 atom stereocenters. The Morgan fingerprint density at radius 1 is 1.14 bits per heavy atom. The molecule has 0 radical (unpaired) electrons. The van der Waals surface area contributed by atoms with Gasteiger partial charge in [0.25, 0.3) is 0 Å². The SMILES string of the molecule is CCCCCC(O)C=CC1C(OCCCC)CC(O)C1CC=CCCCC(=O)O. The molecule has 0 heterocycles. The summed E-state index contributed by atoms with van der Waals surface area (Å²) < 4.78 is 6.08. The van der Waals surface area contributed by atoms with Gasteiger partial charge in [0.1, 0.15) is 0 Å². The molecule has 1 aliphatic rings. The third-order valence-electron chi connectivity index (χ3n) is 5.72. The first kappa shape index (κ1) is 25.9.